The van der Waals surface area contributed by atoms with Crippen LogP contribution in [0.25, 0.3) is 5.69 Å². The smallest absolute Gasteiger partial charge is 0.256 e. The van der Waals surface area contributed by atoms with E-state index in [4.69, 9.17) is 22.7 Å². The summed E-state index contributed by atoms with van der Waals surface area (Å²) >= 11 is 4.86. The van der Waals surface area contributed by atoms with Gasteiger partial charge < -0.3 is 30.6 Å². The third kappa shape index (κ3) is 5.71. The van der Waals surface area contributed by atoms with Crippen LogP contribution in [-0.4, -0.2) is 47.4 Å². The fourth-order valence-electron chi connectivity index (χ4n) is 2.18. The van der Waals surface area contributed by atoms with E-state index in [1.165, 1.54) is 13.2 Å². The molecule has 0 aliphatic carbocycles. The van der Waals surface area contributed by atoms with Crippen LogP contribution in [0.4, 0.5) is 10.1 Å². The molecule has 1 heterocycles. The minimum Gasteiger partial charge on any atom is -0.474 e. The van der Waals surface area contributed by atoms with Gasteiger partial charge in [0, 0.05) is 30.3 Å². The van der Waals surface area contributed by atoms with Crippen molar-refractivity contribution in [2.75, 3.05) is 33.1 Å². The van der Waals surface area contributed by atoms with Gasteiger partial charge in [-0.1, -0.05) is 0 Å². The first kappa shape index (κ1) is 19.7. The quantitative estimate of drug-likeness (QED) is 0.634. The van der Waals surface area contributed by atoms with Crippen molar-refractivity contribution in [3.05, 3.63) is 54.1 Å². The summed E-state index contributed by atoms with van der Waals surface area (Å²) in [5.41, 5.74) is 8.21. The van der Waals surface area contributed by atoms with Gasteiger partial charge in [-0.05, 0) is 44.5 Å². The van der Waals surface area contributed by atoms with Crippen LogP contribution in [0.15, 0.2) is 42.6 Å². The van der Waals surface area contributed by atoms with Crippen molar-refractivity contribution in [1.82, 2.24) is 19.8 Å². The Hall–Kier alpha value is -2.65. The van der Waals surface area contributed by atoms with Crippen LogP contribution < -0.4 is 16.4 Å². The zero-order valence-electron chi connectivity index (χ0n) is 15.0. The third-order valence-electron chi connectivity index (χ3n) is 3.39. The molecule has 0 radical (unpaired) electrons. The number of anilines is 1. The van der Waals surface area contributed by atoms with E-state index in [-0.39, 0.29) is 11.0 Å². The molecule has 0 amide bonds. The third-order valence-corrected chi connectivity index (χ3v) is 3.70. The molecule has 26 heavy (non-hydrogen) atoms. The summed E-state index contributed by atoms with van der Waals surface area (Å²) in [6, 6.07) is 4.85. The first-order chi connectivity index (χ1) is 12.4. The van der Waals surface area contributed by atoms with Crippen molar-refractivity contribution < 1.29 is 9.13 Å². The summed E-state index contributed by atoms with van der Waals surface area (Å²) in [7, 11) is 5.39. The Balaban J connectivity index is 2.02. The maximum atomic E-state index is 14.4. The van der Waals surface area contributed by atoms with E-state index in [0.717, 1.165) is 5.69 Å². The first-order valence-corrected chi connectivity index (χ1v) is 8.30. The Kier molecular flexibility index (Phi) is 6.93. The number of halogens is 1. The second kappa shape index (κ2) is 9.16. The molecule has 0 bridgehead atoms. The lowest BCUT2D eigenvalue weighted by atomic mass is 10.2. The highest BCUT2D eigenvalue weighted by molar-refractivity contribution is 7.80. The van der Waals surface area contributed by atoms with E-state index < -0.39 is 0 Å². The molecule has 1 aromatic carbocycles. The van der Waals surface area contributed by atoms with Gasteiger partial charge in [-0.2, -0.15) is 0 Å². The summed E-state index contributed by atoms with van der Waals surface area (Å²) < 4.78 is 20.9. The molecule has 0 atom stereocenters. The molecule has 2 rings (SSSR count). The maximum absolute atomic E-state index is 14.4. The SMILES string of the molecule is COC(=S)NC/C(N)=C/Nc1ccc(-n2cnc(CN(C)C)c2)c(F)c1. The number of ether oxygens (including phenoxy) is 1. The number of nitrogens with one attached hydrogen (secondary N) is 2. The molecule has 0 aliphatic rings. The van der Waals surface area contributed by atoms with E-state index in [0.29, 0.717) is 30.2 Å². The standard InChI is InChI=1S/C17H23FN6OS/c1-23(2)9-14-10-24(11-22-14)16-5-4-13(6-15(16)18)20-7-12(19)8-21-17(26)25-3/h4-7,10-11,20H,8-9,19H2,1-3H3,(H,21,26)/b12-7-. The minimum atomic E-state index is -0.366. The number of thiocarbonyl (C=S) groups is 1. The van der Waals surface area contributed by atoms with Crippen molar-refractivity contribution >= 4 is 23.1 Å². The van der Waals surface area contributed by atoms with Crippen molar-refractivity contribution in [2.45, 2.75) is 6.54 Å². The van der Waals surface area contributed by atoms with Crippen molar-refractivity contribution in [3.8, 4) is 5.69 Å². The molecular formula is C17H23FN6OS. The predicted molar refractivity (Wildman–Crippen MR) is 104 cm³/mol. The van der Waals surface area contributed by atoms with Crippen LogP contribution in [0.2, 0.25) is 0 Å². The van der Waals surface area contributed by atoms with Crippen molar-refractivity contribution in [1.29, 1.82) is 0 Å². The lowest BCUT2D eigenvalue weighted by Crippen LogP contribution is -2.27. The largest absolute Gasteiger partial charge is 0.474 e. The van der Waals surface area contributed by atoms with Crippen LogP contribution in [-0.2, 0) is 11.3 Å². The van der Waals surface area contributed by atoms with Crippen molar-refractivity contribution in [3.63, 3.8) is 0 Å². The average Bonchev–Trinajstić information content (AvgIpc) is 3.05. The lowest BCUT2D eigenvalue weighted by Gasteiger charge is -2.09. The summed E-state index contributed by atoms with van der Waals surface area (Å²) in [4.78, 5) is 6.28. The zero-order valence-corrected chi connectivity index (χ0v) is 15.8. The molecule has 0 aliphatic heterocycles. The van der Waals surface area contributed by atoms with E-state index in [1.807, 2.05) is 25.2 Å². The molecule has 7 nitrogen and oxygen atoms in total. The predicted octanol–water partition coefficient (Wildman–Crippen LogP) is 1.81. The van der Waals surface area contributed by atoms with Gasteiger partial charge in [-0.25, -0.2) is 9.37 Å². The topological polar surface area (TPSA) is 80.4 Å². The lowest BCUT2D eigenvalue weighted by molar-refractivity contribution is 0.395. The molecular weight excluding hydrogens is 355 g/mol. The highest BCUT2D eigenvalue weighted by atomic mass is 32.1. The second-order valence-electron chi connectivity index (χ2n) is 5.88. The van der Waals surface area contributed by atoms with Gasteiger partial charge in [0.2, 0.25) is 0 Å². The maximum Gasteiger partial charge on any atom is 0.256 e. The van der Waals surface area contributed by atoms with Crippen LogP contribution in [0.5, 0.6) is 0 Å². The van der Waals surface area contributed by atoms with Crippen LogP contribution in [0, 0.1) is 5.82 Å². The number of imidazole rings is 1. The van der Waals surface area contributed by atoms with Gasteiger partial charge in [-0.3, -0.25) is 0 Å². The number of benzene rings is 1. The summed E-state index contributed by atoms with van der Waals surface area (Å²) in [5, 5.41) is 6.02. The second-order valence-corrected chi connectivity index (χ2v) is 6.26. The molecule has 0 saturated carbocycles. The van der Waals surface area contributed by atoms with Gasteiger partial charge in [-0.15, -0.1) is 0 Å². The van der Waals surface area contributed by atoms with Gasteiger partial charge in [0.05, 0.1) is 31.4 Å². The van der Waals surface area contributed by atoms with Crippen LogP contribution >= 0.6 is 12.2 Å². The van der Waals surface area contributed by atoms with Crippen LogP contribution in [0.1, 0.15) is 5.69 Å². The summed E-state index contributed by atoms with van der Waals surface area (Å²) in [6.07, 6.45) is 4.99. The Labute approximate surface area is 157 Å². The van der Waals surface area contributed by atoms with Crippen molar-refractivity contribution in [2.24, 2.45) is 5.73 Å². The number of hydrogen-bond donors (Lipinski definition) is 3. The molecule has 9 heteroatoms. The number of nitrogens with zero attached hydrogens (tertiary/aromatic N) is 3. The highest BCUT2D eigenvalue weighted by Crippen LogP contribution is 2.19. The molecule has 4 N–H and O–H groups in total. The van der Waals surface area contributed by atoms with E-state index in [9.17, 15) is 4.39 Å². The molecule has 140 valence electrons. The molecule has 1 aromatic heterocycles. The van der Waals surface area contributed by atoms with Gasteiger partial charge in [0.1, 0.15) is 5.82 Å². The first-order valence-electron chi connectivity index (χ1n) is 7.89. The fourth-order valence-corrected chi connectivity index (χ4v) is 2.25. The Morgan fingerprint density at radius 3 is 2.88 bits per heavy atom. The fraction of sp³-hybridized carbons (Fsp3) is 0.294. The average molecular weight is 378 g/mol. The molecule has 0 spiro atoms. The normalized spacial score (nSPS) is 11.5. The number of rotatable bonds is 7. The minimum absolute atomic E-state index is 0.255. The summed E-state index contributed by atoms with van der Waals surface area (Å²) in [6.45, 7) is 1.02. The molecule has 0 saturated heterocycles. The number of methoxy groups -OCH3 is 1. The van der Waals surface area contributed by atoms with E-state index in [1.54, 1.807) is 29.2 Å². The number of nitrogens with two attached hydrogens (primary N) is 1. The summed E-state index contributed by atoms with van der Waals surface area (Å²) in [5.74, 6) is -0.366. The molecule has 0 fully saturated rings. The Morgan fingerprint density at radius 2 is 2.23 bits per heavy atom. The zero-order chi connectivity index (χ0) is 19.1. The highest BCUT2D eigenvalue weighted by Gasteiger charge is 2.08. The van der Waals surface area contributed by atoms with Gasteiger partial charge >= 0.3 is 0 Å². The molecule has 2 aromatic rings. The monoisotopic (exact) mass is 378 g/mol. The van der Waals surface area contributed by atoms with E-state index >= 15 is 0 Å². The number of hydrogen-bond acceptors (Lipinski definition) is 6. The van der Waals surface area contributed by atoms with Gasteiger partial charge in [0.25, 0.3) is 5.17 Å². The van der Waals surface area contributed by atoms with Gasteiger partial charge in [0.15, 0.2) is 0 Å². The van der Waals surface area contributed by atoms with E-state index in [2.05, 4.69) is 15.6 Å². The Bertz CT molecular complexity index is 789. The molecule has 0 unspecified atom stereocenters. The Morgan fingerprint density at radius 1 is 1.46 bits per heavy atom. The number of aromatic nitrogens is 2. The van der Waals surface area contributed by atoms with Crippen LogP contribution in [0.3, 0.4) is 0 Å².